The van der Waals surface area contributed by atoms with E-state index in [0.29, 0.717) is 43.4 Å². The molecule has 0 aromatic rings. The molecule has 1 heterocycles. The molecule has 4 aliphatic rings. The van der Waals surface area contributed by atoms with Crippen molar-refractivity contribution in [2.75, 3.05) is 6.54 Å². The summed E-state index contributed by atoms with van der Waals surface area (Å²) < 4.78 is 13.3. The minimum Gasteiger partial charge on any atom is -0.404 e. The fourth-order valence-corrected chi connectivity index (χ4v) is 8.30. The maximum Gasteiger partial charge on any atom is 0.481 e. The molecular weight excluding hydrogens is 597 g/mol. The van der Waals surface area contributed by atoms with Crippen molar-refractivity contribution < 1.29 is 23.9 Å². The first-order chi connectivity index (χ1) is 22.3. The lowest BCUT2D eigenvalue weighted by molar-refractivity contribution is -0.525. The van der Waals surface area contributed by atoms with E-state index >= 15 is 0 Å². The number of unbranched alkanes of at least 4 members (excludes halogenated alkanes) is 9. The highest BCUT2D eigenvalue weighted by Gasteiger charge is 2.68. The SMILES string of the molecule is CCCCCCCCCCCCC(=O)C[C@@H](CCCN=C(N)N[N+](=O)[O-])C(=O)N[C@@H](CC(C)C)B1O[C@@H]2C[C@H]3C[C@H](C3(C)C)[C@]2(C)O1. The van der Waals surface area contributed by atoms with Crippen LogP contribution in [-0.4, -0.2) is 54.0 Å². The van der Waals surface area contributed by atoms with E-state index in [-0.39, 0.29) is 53.7 Å². The lowest BCUT2D eigenvalue weighted by Crippen LogP contribution is -2.65. The molecule has 4 fully saturated rings. The summed E-state index contributed by atoms with van der Waals surface area (Å²) in [6.45, 7) is 13.5. The van der Waals surface area contributed by atoms with Crippen molar-refractivity contribution in [3.8, 4) is 0 Å². The third-order valence-corrected chi connectivity index (χ3v) is 11.2. The molecule has 2 bridgehead atoms. The topological polar surface area (TPSA) is 158 Å². The maximum absolute atomic E-state index is 13.9. The van der Waals surface area contributed by atoms with Crippen LogP contribution < -0.4 is 16.5 Å². The molecule has 12 heteroatoms. The number of guanidine groups is 1. The number of hydrogen-bond donors (Lipinski definition) is 3. The second kappa shape index (κ2) is 18.5. The first kappa shape index (κ1) is 39.2. The summed E-state index contributed by atoms with van der Waals surface area (Å²) in [6, 6.07) is 0. The van der Waals surface area contributed by atoms with E-state index in [1.165, 1.54) is 44.9 Å². The van der Waals surface area contributed by atoms with Crippen LogP contribution in [0.2, 0.25) is 0 Å². The molecule has 3 saturated carbocycles. The predicted octanol–water partition coefficient (Wildman–Crippen LogP) is 6.55. The molecule has 0 aromatic carbocycles. The molecule has 1 aliphatic heterocycles. The van der Waals surface area contributed by atoms with Crippen LogP contribution in [-0.2, 0) is 18.9 Å². The Morgan fingerprint density at radius 2 is 1.66 bits per heavy atom. The van der Waals surface area contributed by atoms with Gasteiger partial charge in [0.1, 0.15) is 5.78 Å². The number of Topliss-reactive ketones (excluding diaryl/α,β-unsaturated/α-hetero) is 1. The standard InChI is InChI=1S/C35H64BN5O6/c1-7-8-9-10-11-12-13-14-15-16-19-28(42)22-26(18-17-20-38-33(37)40-41(44)45)32(43)39-31(21-25(2)3)36-46-30-24-27-23-29(34(27,4)5)35(30,6)47-36/h25-27,29-31H,7-24H2,1-6H3,(H,39,43)(H3,37,38,40)/t26-,27-,29-,30-,31+,35+/m1/s1. The third kappa shape index (κ3) is 11.4. The van der Waals surface area contributed by atoms with Gasteiger partial charge in [-0.15, -0.1) is 0 Å². The number of nitrogens with two attached hydrogens (primary N) is 1. The molecule has 4 N–H and O–H groups in total. The van der Waals surface area contributed by atoms with Crippen LogP contribution in [0, 0.1) is 39.2 Å². The highest BCUT2D eigenvalue weighted by molar-refractivity contribution is 6.47. The number of aliphatic imine (C=N–C) groups is 1. The van der Waals surface area contributed by atoms with Crippen molar-refractivity contribution in [3.05, 3.63) is 10.1 Å². The Kier molecular flexibility index (Phi) is 15.5. The summed E-state index contributed by atoms with van der Waals surface area (Å²) in [5, 5.41) is 13.1. The Morgan fingerprint density at radius 1 is 1.02 bits per heavy atom. The molecule has 268 valence electrons. The molecule has 1 saturated heterocycles. The summed E-state index contributed by atoms with van der Waals surface area (Å²) in [6.07, 6.45) is 16.4. The Bertz CT molecular complexity index is 1060. The summed E-state index contributed by atoms with van der Waals surface area (Å²) in [5.74, 6) is 0.130. The average molecular weight is 662 g/mol. The summed E-state index contributed by atoms with van der Waals surface area (Å²) >= 11 is 0. The molecule has 11 nitrogen and oxygen atoms in total. The quantitative estimate of drug-likeness (QED) is 0.0278. The number of ketones is 1. The van der Waals surface area contributed by atoms with Crippen molar-refractivity contribution in [2.45, 2.75) is 168 Å². The van der Waals surface area contributed by atoms with Crippen molar-refractivity contribution in [1.82, 2.24) is 10.7 Å². The minimum atomic E-state index is -0.760. The van der Waals surface area contributed by atoms with E-state index in [4.69, 9.17) is 15.0 Å². The van der Waals surface area contributed by atoms with E-state index in [2.05, 4.69) is 51.9 Å². The molecule has 3 aliphatic carbocycles. The number of nitro groups is 1. The molecule has 47 heavy (non-hydrogen) atoms. The monoisotopic (exact) mass is 661 g/mol. The van der Waals surface area contributed by atoms with E-state index < -0.39 is 18.1 Å². The van der Waals surface area contributed by atoms with E-state index in [9.17, 15) is 19.7 Å². The van der Waals surface area contributed by atoms with Crippen LogP contribution in [0.25, 0.3) is 0 Å². The van der Waals surface area contributed by atoms with Crippen LogP contribution in [0.15, 0.2) is 4.99 Å². The van der Waals surface area contributed by atoms with Gasteiger partial charge in [0.15, 0.2) is 5.03 Å². The number of carbonyl (C=O) groups is 2. The number of nitrogens with one attached hydrogen (secondary N) is 2. The molecule has 4 rings (SSSR count). The highest BCUT2D eigenvalue weighted by atomic mass is 16.7. The fraction of sp³-hybridized carbons (Fsp3) is 0.914. The van der Waals surface area contributed by atoms with Gasteiger partial charge >= 0.3 is 7.12 Å². The Balaban J connectivity index is 1.57. The normalized spacial score (nSPS) is 26.0. The number of carbonyl (C=O) groups excluding carboxylic acids is 2. The largest absolute Gasteiger partial charge is 0.481 e. The highest BCUT2D eigenvalue weighted by Crippen LogP contribution is 2.65. The molecule has 0 unspecified atom stereocenters. The lowest BCUT2D eigenvalue weighted by atomic mass is 9.43. The molecule has 1 amide bonds. The van der Waals surface area contributed by atoms with Crippen LogP contribution in [0.5, 0.6) is 0 Å². The van der Waals surface area contributed by atoms with Gasteiger partial charge in [-0.3, -0.25) is 9.59 Å². The third-order valence-electron chi connectivity index (χ3n) is 11.2. The smallest absolute Gasteiger partial charge is 0.404 e. The number of hydrogen-bond acceptors (Lipinski definition) is 7. The van der Waals surface area contributed by atoms with Gasteiger partial charge in [0.2, 0.25) is 5.91 Å². The Labute approximate surface area is 284 Å². The van der Waals surface area contributed by atoms with Gasteiger partial charge in [-0.1, -0.05) is 97.8 Å². The van der Waals surface area contributed by atoms with Crippen LogP contribution >= 0.6 is 0 Å². The minimum absolute atomic E-state index is 0.0189. The van der Waals surface area contributed by atoms with Crippen LogP contribution in [0.1, 0.15) is 151 Å². The molecule has 0 radical (unpaired) electrons. The van der Waals surface area contributed by atoms with Crippen molar-refractivity contribution in [3.63, 3.8) is 0 Å². The number of hydrazine groups is 1. The Hall–Kier alpha value is -2.21. The second-order valence-electron chi connectivity index (χ2n) is 15.7. The fourth-order valence-electron chi connectivity index (χ4n) is 8.30. The zero-order chi connectivity index (χ0) is 34.6. The molecular formula is C35H64BN5O6. The first-order valence-corrected chi connectivity index (χ1v) is 18.6. The molecule has 0 aromatic heterocycles. The van der Waals surface area contributed by atoms with Crippen LogP contribution in [0.4, 0.5) is 0 Å². The van der Waals surface area contributed by atoms with Gasteiger partial charge in [-0.25, -0.2) is 15.1 Å². The zero-order valence-corrected chi connectivity index (χ0v) is 30.2. The second-order valence-corrected chi connectivity index (χ2v) is 15.7. The summed E-state index contributed by atoms with van der Waals surface area (Å²) in [7, 11) is -0.535. The van der Waals surface area contributed by atoms with Gasteiger partial charge in [0.25, 0.3) is 5.96 Å². The van der Waals surface area contributed by atoms with Crippen molar-refractivity contribution >= 4 is 24.8 Å². The number of rotatable bonds is 23. The number of nitrogens with zero attached hydrogens (tertiary/aromatic N) is 2. The summed E-state index contributed by atoms with van der Waals surface area (Å²) in [4.78, 5) is 41.6. The van der Waals surface area contributed by atoms with Gasteiger partial charge in [-0.05, 0) is 68.6 Å². The van der Waals surface area contributed by atoms with Gasteiger partial charge in [0, 0.05) is 25.3 Å². The zero-order valence-electron chi connectivity index (χ0n) is 30.2. The maximum atomic E-state index is 13.9. The van der Waals surface area contributed by atoms with E-state index in [0.717, 1.165) is 32.1 Å². The van der Waals surface area contributed by atoms with Gasteiger partial charge in [-0.2, -0.15) is 0 Å². The average Bonchev–Trinajstić information content (AvgIpc) is 3.36. The Morgan fingerprint density at radius 3 is 2.26 bits per heavy atom. The first-order valence-electron chi connectivity index (χ1n) is 18.6. The predicted molar refractivity (Wildman–Crippen MR) is 187 cm³/mol. The van der Waals surface area contributed by atoms with Crippen molar-refractivity contribution in [1.29, 1.82) is 0 Å². The summed E-state index contributed by atoms with van der Waals surface area (Å²) in [5.41, 5.74) is 7.25. The van der Waals surface area contributed by atoms with Gasteiger partial charge < -0.3 is 20.4 Å². The lowest BCUT2D eigenvalue weighted by Gasteiger charge is -2.64. The number of amides is 1. The molecule has 6 atom stereocenters. The van der Waals surface area contributed by atoms with Gasteiger partial charge in [0.05, 0.1) is 17.6 Å². The van der Waals surface area contributed by atoms with E-state index in [1.807, 2.05) is 5.43 Å². The van der Waals surface area contributed by atoms with E-state index in [1.54, 1.807) is 0 Å². The van der Waals surface area contributed by atoms with Crippen LogP contribution in [0.3, 0.4) is 0 Å². The molecule has 0 spiro atoms. The van der Waals surface area contributed by atoms with Crippen molar-refractivity contribution in [2.24, 2.45) is 39.8 Å².